The summed E-state index contributed by atoms with van der Waals surface area (Å²) in [6.45, 7) is 11.8. The van der Waals surface area contributed by atoms with Crippen LogP contribution in [0.1, 0.15) is 39.2 Å². The molecular weight excluding hydrogens is 346 g/mol. The van der Waals surface area contributed by atoms with E-state index in [9.17, 15) is 4.79 Å². The lowest BCUT2D eigenvalue weighted by atomic mass is 10.2. The molecule has 26 heavy (non-hydrogen) atoms. The van der Waals surface area contributed by atoms with Crippen molar-refractivity contribution >= 4 is 14.3 Å². The van der Waals surface area contributed by atoms with Gasteiger partial charge in [0.1, 0.15) is 12.8 Å². The van der Waals surface area contributed by atoms with Gasteiger partial charge in [0, 0.05) is 13.7 Å². The molecule has 2 atom stereocenters. The highest BCUT2D eigenvalue weighted by atomic mass is 28.4. The molecule has 2 rings (SSSR count). The quantitative estimate of drug-likeness (QED) is 0.526. The Kier molecular flexibility index (Phi) is 7.02. The summed E-state index contributed by atoms with van der Waals surface area (Å²) in [6, 6.07) is 9.72. The van der Waals surface area contributed by atoms with Gasteiger partial charge in [-0.15, -0.1) is 0 Å². The molecule has 1 saturated heterocycles. The van der Waals surface area contributed by atoms with Crippen LogP contribution >= 0.6 is 0 Å². The van der Waals surface area contributed by atoms with E-state index in [1.807, 2.05) is 35.2 Å². The van der Waals surface area contributed by atoms with E-state index in [0.717, 1.165) is 24.9 Å². The molecule has 1 aromatic rings. The average Bonchev–Trinajstić information content (AvgIpc) is 3.06. The van der Waals surface area contributed by atoms with Crippen LogP contribution in [0.4, 0.5) is 0 Å². The topological polar surface area (TPSA) is 48.0 Å². The van der Waals surface area contributed by atoms with Crippen LogP contribution in [0.25, 0.3) is 0 Å². The predicted octanol–water partition coefficient (Wildman–Crippen LogP) is 4.15. The number of carbonyl (C=O) groups is 1. The maximum Gasteiger partial charge on any atom is 0.350 e. The standard InChI is InChI=1S/C20H33NO4Si/c1-20(2,3)26(5,6)25-18(21-14-10-13-17(21)23-4)19(22)24-15-16-11-8-7-9-12-16/h7-9,11-12,17-18H,10,13-15H2,1-6H3/t17-,18?/m1/s1. The fourth-order valence-electron chi connectivity index (χ4n) is 2.79. The summed E-state index contributed by atoms with van der Waals surface area (Å²) in [6.07, 6.45) is 1.07. The van der Waals surface area contributed by atoms with E-state index >= 15 is 0 Å². The zero-order chi connectivity index (χ0) is 19.4. The molecule has 0 aliphatic carbocycles. The Balaban J connectivity index is 2.15. The normalized spacial score (nSPS) is 20.2. The lowest BCUT2D eigenvalue weighted by molar-refractivity contribution is -0.173. The molecule has 0 aromatic heterocycles. The Labute approximate surface area is 158 Å². The predicted molar refractivity (Wildman–Crippen MR) is 105 cm³/mol. The Morgan fingerprint density at radius 3 is 2.50 bits per heavy atom. The van der Waals surface area contributed by atoms with Crippen molar-refractivity contribution in [2.45, 2.75) is 70.8 Å². The maximum atomic E-state index is 12.9. The lowest BCUT2D eigenvalue weighted by Gasteiger charge is -2.41. The molecule has 0 saturated carbocycles. The number of benzene rings is 1. The summed E-state index contributed by atoms with van der Waals surface area (Å²) in [7, 11) is -0.465. The molecule has 6 heteroatoms. The Morgan fingerprint density at radius 1 is 1.27 bits per heavy atom. The minimum atomic E-state index is -2.15. The Hall–Kier alpha value is -1.21. The van der Waals surface area contributed by atoms with Gasteiger partial charge < -0.3 is 13.9 Å². The highest BCUT2D eigenvalue weighted by Crippen LogP contribution is 2.38. The SMILES string of the molecule is CO[C@@H]1CCCN1C(O[Si](C)(C)C(C)(C)C)C(=O)OCc1ccccc1. The molecule has 1 aliphatic heterocycles. The highest BCUT2D eigenvalue weighted by molar-refractivity contribution is 6.74. The number of likely N-dealkylation sites (tertiary alicyclic amines) is 1. The third kappa shape index (κ3) is 5.16. The van der Waals surface area contributed by atoms with E-state index in [4.69, 9.17) is 13.9 Å². The van der Waals surface area contributed by atoms with E-state index in [1.54, 1.807) is 7.11 Å². The fraction of sp³-hybridized carbons (Fsp3) is 0.650. The smallest absolute Gasteiger partial charge is 0.350 e. The molecule has 0 radical (unpaired) electrons. The Bertz CT molecular complexity index is 585. The first kappa shape index (κ1) is 21.1. The van der Waals surface area contributed by atoms with Crippen LogP contribution in [0.3, 0.4) is 0 Å². The number of carbonyl (C=O) groups excluding carboxylic acids is 1. The maximum absolute atomic E-state index is 12.9. The van der Waals surface area contributed by atoms with Crippen LogP contribution in [0, 0.1) is 0 Å². The van der Waals surface area contributed by atoms with Crippen molar-refractivity contribution in [1.29, 1.82) is 0 Å². The highest BCUT2D eigenvalue weighted by Gasteiger charge is 2.45. The van der Waals surface area contributed by atoms with Crippen molar-refractivity contribution in [1.82, 2.24) is 4.90 Å². The molecular formula is C20H33NO4Si. The summed E-state index contributed by atoms with van der Waals surface area (Å²) in [5.41, 5.74) is 0.969. The molecule has 1 aromatic carbocycles. The summed E-state index contributed by atoms with van der Waals surface area (Å²) >= 11 is 0. The second kappa shape index (κ2) is 8.65. The molecule has 1 aliphatic rings. The van der Waals surface area contributed by atoms with Crippen molar-refractivity contribution in [3.8, 4) is 0 Å². The number of hydrogen-bond acceptors (Lipinski definition) is 5. The number of hydrogen-bond donors (Lipinski definition) is 0. The van der Waals surface area contributed by atoms with Crippen LogP contribution in [0.2, 0.25) is 18.1 Å². The fourth-order valence-corrected chi connectivity index (χ4v) is 3.93. The van der Waals surface area contributed by atoms with Crippen molar-refractivity contribution in [2.24, 2.45) is 0 Å². The van der Waals surface area contributed by atoms with E-state index < -0.39 is 14.5 Å². The second-order valence-corrected chi connectivity index (χ2v) is 13.2. The summed E-state index contributed by atoms with van der Waals surface area (Å²) in [5, 5.41) is 0.00720. The number of ether oxygens (including phenoxy) is 2. The molecule has 0 amide bonds. The molecule has 5 nitrogen and oxygen atoms in total. The largest absolute Gasteiger partial charge is 0.458 e. The zero-order valence-electron chi connectivity index (χ0n) is 17.0. The van der Waals surface area contributed by atoms with Crippen molar-refractivity contribution in [3.05, 3.63) is 35.9 Å². The van der Waals surface area contributed by atoms with Gasteiger partial charge in [-0.05, 0) is 36.5 Å². The first-order valence-electron chi connectivity index (χ1n) is 9.32. The third-order valence-electron chi connectivity index (χ3n) is 5.45. The van der Waals surface area contributed by atoms with E-state index in [2.05, 4.69) is 33.9 Å². The van der Waals surface area contributed by atoms with E-state index in [1.165, 1.54) is 0 Å². The molecule has 146 valence electrons. The van der Waals surface area contributed by atoms with Crippen LogP contribution < -0.4 is 0 Å². The number of methoxy groups -OCH3 is 1. The molecule has 1 unspecified atom stereocenters. The molecule has 1 fully saturated rings. The first-order valence-corrected chi connectivity index (χ1v) is 12.2. The minimum Gasteiger partial charge on any atom is -0.458 e. The van der Waals surface area contributed by atoms with Gasteiger partial charge in [-0.3, -0.25) is 0 Å². The minimum absolute atomic E-state index is 0.00720. The van der Waals surface area contributed by atoms with Crippen molar-refractivity contribution in [2.75, 3.05) is 13.7 Å². The van der Waals surface area contributed by atoms with Gasteiger partial charge in [-0.2, -0.15) is 0 Å². The van der Waals surface area contributed by atoms with Gasteiger partial charge >= 0.3 is 5.97 Å². The van der Waals surface area contributed by atoms with Crippen LogP contribution in [-0.2, 0) is 25.3 Å². The van der Waals surface area contributed by atoms with Gasteiger partial charge in [0.2, 0.25) is 6.23 Å². The molecule has 1 heterocycles. The van der Waals surface area contributed by atoms with Crippen molar-refractivity contribution in [3.63, 3.8) is 0 Å². The summed E-state index contributed by atoms with van der Waals surface area (Å²) < 4.78 is 17.7. The van der Waals surface area contributed by atoms with Crippen LogP contribution in [0.5, 0.6) is 0 Å². The lowest BCUT2D eigenvalue weighted by Crippen LogP contribution is -2.54. The first-order chi connectivity index (χ1) is 12.2. The van der Waals surface area contributed by atoms with Gasteiger partial charge in [0.25, 0.3) is 0 Å². The van der Waals surface area contributed by atoms with Crippen LogP contribution in [-0.4, -0.2) is 45.3 Å². The Morgan fingerprint density at radius 2 is 1.92 bits per heavy atom. The van der Waals surface area contributed by atoms with Gasteiger partial charge in [-0.1, -0.05) is 51.1 Å². The van der Waals surface area contributed by atoms with Gasteiger partial charge in [0.15, 0.2) is 8.32 Å². The zero-order valence-corrected chi connectivity index (χ0v) is 18.0. The third-order valence-corrected chi connectivity index (χ3v) is 9.87. The summed E-state index contributed by atoms with van der Waals surface area (Å²) in [4.78, 5) is 15.0. The molecule has 0 spiro atoms. The molecule has 0 N–H and O–H groups in total. The van der Waals surface area contributed by atoms with Crippen LogP contribution in [0.15, 0.2) is 30.3 Å². The van der Waals surface area contributed by atoms with Gasteiger partial charge in [0.05, 0.1) is 0 Å². The monoisotopic (exact) mass is 379 g/mol. The number of rotatable bonds is 7. The van der Waals surface area contributed by atoms with E-state index in [-0.39, 0.29) is 23.8 Å². The summed E-state index contributed by atoms with van der Waals surface area (Å²) in [5.74, 6) is -0.331. The van der Waals surface area contributed by atoms with Crippen molar-refractivity contribution < 1.29 is 18.7 Å². The average molecular weight is 380 g/mol. The second-order valence-electron chi connectivity index (χ2n) is 8.39. The number of esters is 1. The van der Waals surface area contributed by atoms with E-state index in [0.29, 0.717) is 0 Å². The number of nitrogens with zero attached hydrogens (tertiary/aromatic N) is 1. The molecule has 0 bridgehead atoms. The van der Waals surface area contributed by atoms with Gasteiger partial charge in [-0.25, -0.2) is 9.69 Å².